The van der Waals surface area contributed by atoms with Crippen LogP contribution in [-0.4, -0.2) is 19.3 Å². The quantitative estimate of drug-likeness (QED) is 0.805. The molecule has 2 rings (SSSR count). The van der Waals surface area contributed by atoms with Crippen LogP contribution >= 0.6 is 0 Å². The van der Waals surface area contributed by atoms with Gasteiger partial charge in [-0.25, -0.2) is 0 Å². The van der Waals surface area contributed by atoms with Crippen molar-refractivity contribution < 1.29 is 9.47 Å². The zero-order valence-corrected chi connectivity index (χ0v) is 9.19. The molecular formula is C12H17NO2. The number of benzene rings is 1. The van der Waals surface area contributed by atoms with Gasteiger partial charge < -0.3 is 15.2 Å². The number of para-hydroxylation sites is 1. The van der Waals surface area contributed by atoms with Crippen molar-refractivity contribution in [2.24, 2.45) is 5.73 Å². The average Bonchev–Trinajstić information content (AvgIpc) is 2.17. The molecule has 3 heteroatoms. The second kappa shape index (κ2) is 3.83. The van der Waals surface area contributed by atoms with Gasteiger partial charge in [0, 0.05) is 25.1 Å². The van der Waals surface area contributed by atoms with Crippen molar-refractivity contribution in [3.63, 3.8) is 0 Å². The molecule has 2 atom stereocenters. The van der Waals surface area contributed by atoms with E-state index in [9.17, 15) is 0 Å². The van der Waals surface area contributed by atoms with Crippen LogP contribution in [0.3, 0.4) is 0 Å². The molecule has 0 saturated carbocycles. The Morgan fingerprint density at radius 3 is 3.00 bits per heavy atom. The van der Waals surface area contributed by atoms with Gasteiger partial charge in [0.1, 0.15) is 11.4 Å². The third-order valence-corrected chi connectivity index (χ3v) is 2.78. The average molecular weight is 207 g/mol. The van der Waals surface area contributed by atoms with Crippen molar-refractivity contribution >= 4 is 0 Å². The molecule has 1 heterocycles. The van der Waals surface area contributed by atoms with Crippen molar-refractivity contribution in [1.82, 2.24) is 0 Å². The maximum atomic E-state index is 6.12. The minimum absolute atomic E-state index is 0.0371. The van der Waals surface area contributed by atoms with E-state index in [1.165, 1.54) is 0 Å². The number of ether oxygens (including phenoxy) is 2. The molecule has 1 aromatic rings. The monoisotopic (exact) mass is 207 g/mol. The highest BCUT2D eigenvalue weighted by Crippen LogP contribution is 2.38. The molecule has 0 saturated heterocycles. The first-order valence-electron chi connectivity index (χ1n) is 5.17. The maximum Gasteiger partial charge on any atom is 0.131 e. The Bertz CT molecular complexity index is 353. The van der Waals surface area contributed by atoms with Gasteiger partial charge in [-0.3, -0.25) is 0 Å². The standard InChI is InChI=1S/C12H17NO2/c1-12(8-14-2)7-10(13)9-5-3-4-6-11(9)15-12/h3-6,10H,7-8,13H2,1-2H3/t10-,12?/m1/s1. The third-order valence-electron chi connectivity index (χ3n) is 2.78. The Hall–Kier alpha value is -1.06. The van der Waals surface area contributed by atoms with Gasteiger partial charge in [-0.1, -0.05) is 18.2 Å². The van der Waals surface area contributed by atoms with Gasteiger partial charge in [-0.15, -0.1) is 0 Å². The normalized spacial score (nSPS) is 29.4. The fourth-order valence-corrected chi connectivity index (χ4v) is 2.16. The lowest BCUT2D eigenvalue weighted by atomic mass is 9.89. The molecule has 82 valence electrons. The molecule has 1 aliphatic rings. The van der Waals surface area contributed by atoms with Crippen molar-refractivity contribution in [1.29, 1.82) is 0 Å². The van der Waals surface area contributed by atoms with Gasteiger partial charge >= 0.3 is 0 Å². The summed E-state index contributed by atoms with van der Waals surface area (Å²) in [5, 5.41) is 0. The Balaban J connectivity index is 2.29. The summed E-state index contributed by atoms with van der Waals surface area (Å²) in [6, 6.07) is 7.97. The van der Waals surface area contributed by atoms with E-state index in [-0.39, 0.29) is 11.6 Å². The van der Waals surface area contributed by atoms with E-state index < -0.39 is 0 Å². The molecule has 15 heavy (non-hydrogen) atoms. The molecule has 1 aliphatic heterocycles. The third kappa shape index (κ3) is 1.98. The lowest BCUT2D eigenvalue weighted by Gasteiger charge is -2.38. The SMILES string of the molecule is COCC1(C)C[C@@H](N)c2ccccc2O1. The number of hydrogen-bond acceptors (Lipinski definition) is 3. The Labute approximate surface area is 90.2 Å². The summed E-state index contributed by atoms with van der Waals surface area (Å²) in [4.78, 5) is 0. The van der Waals surface area contributed by atoms with Crippen molar-refractivity contribution in [2.45, 2.75) is 25.0 Å². The zero-order valence-electron chi connectivity index (χ0n) is 9.19. The zero-order chi connectivity index (χ0) is 10.9. The molecule has 0 spiro atoms. The summed E-state index contributed by atoms with van der Waals surface area (Å²) in [5.41, 5.74) is 6.90. The highest BCUT2D eigenvalue weighted by molar-refractivity contribution is 5.38. The Morgan fingerprint density at radius 2 is 2.27 bits per heavy atom. The van der Waals surface area contributed by atoms with Crippen molar-refractivity contribution in [2.75, 3.05) is 13.7 Å². The predicted molar refractivity (Wildman–Crippen MR) is 58.9 cm³/mol. The molecular weight excluding hydrogens is 190 g/mol. The Morgan fingerprint density at radius 1 is 1.53 bits per heavy atom. The molecule has 0 amide bonds. The van der Waals surface area contributed by atoms with Crippen LogP contribution in [0.2, 0.25) is 0 Å². The molecule has 0 aliphatic carbocycles. The largest absolute Gasteiger partial charge is 0.485 e. The summed E-state index contributed by atoms with van der Waals surface area (Å²) in [6.45, 7) is 2.60. The molecule has 0 bridgehead atoms. The second-order valence-corrected chi connectivity index (χ2v) is 4.33. The van der Waals surface area contributed by atoms with Crippen LogP contribution in [0.4, 0.5) is 0 Å². The van der Waals surface area contributed by atoms with E-state index in [4.69, 9.17) is 15.2 Å². The first-order valence-corrected chi connectivity index (χ1v) is 5.17. The molecule has 0 fully saturated rings. The minimum atomic E-state index is -0.303. The highest BCUT2D eigenvalue weighted by Gasteiger charge is 2.35. The topological polar surface area (TPSA) is 44.5 Å². The van der Waals surface area contributed by atoms with Gasteiger partial charge in [0.2, 0.25) is 0 Å². The van der Waals surface area contributed by atoms with Gasteiger partial charge in [-0.2, -0.15) is 0 Å². The van der Waals surface area contributed by atoms with Crippen LogP contribution in [0.1, 0.15) is 24.9 Å². The van der Waals surface area contributed by atoms with E-state index in [1.54, 1.807) is 7.11 Å². The van der Waals surface area contributed by atoms with E-state index >= 15 is 0 Å². The van der Waals surface area contributed by atoms with Crippen LogP contribution in [0, 0.1) is 0 Å². The number of nitrogens with two attached hydrogens (primary N) is 1. The highest BCUT2D eigenvalue weighted by atomic mass is 16.5. The van der Waals surface area contributed by atoms with E-state index in [0.29, 0.717) is 6.61 Å². The summed E-state index contributed by atoms with van der Waals surface area (Å²) in [7, 11) is 1.68. The molecule has 0 aromatic heterocycles. The molecule has 3 nitrogen and oxygen atoms in total. The van der Waals surface area contributed by atoms with Crippen LogP contribution in [0.15, 0.2) is 24.3 Å². The van der Waals surface area contributed by atoms with Crippen LogP contribution in [0.5, 0.6) is 5.75 Å². The number of methoxy groups -OCH3 is 1. The van der Waals surface area contributed by atoms with E-state index in [2.05, 4.69) is 0 Å². The lowest BCUT2D eigenvalue weighted by molar-refractivity contribution is -0.0172. The van der Waals surface area contributed by atoms with Crippen molar-refractivity contribution in [3.05, 3.63) is 29.8 Å². The van der Waals surface area contributed by atoms with Crippen LogP contribution in [-0.2, 0) is 4.74 Å². The fourth-order valence-electron chi connectivity index (χ4n) is 2.16. The maximum absolute atomic E-state index is 6.12. The summed E-state index contributed by atoms with van der Waals surface area (Å²) in [5.74, 6) is 0.885. The van der Waals surface area contributed by atoms with Gasteiger partial charge in [0.15, 0.2) is 0 Å². The summed E-state index contributed by atoms with van der Waals surface area (Å²) < 4.78 is 11.1. The summed E-state index contributed by atoms with van der Waals surface area (Å²) >= 11 is 0. The minimum Gasteiger partial charge on any atom is -0.485 e. The van der Waals surface area contributed by atoms with Gasteiger partial charge in [-0.05, 0) is 13.0 Å². The predicted octanol–water partition coefficient (Wildman–Crippen LogP) is 1.87. The molecule has 0 radical (unpaired) electrons. The number of hydrogen-bond donors (Lipinski definition) is 1. The molecule has 1 aromatic carbocycles. The summed E-state index contributed by atoms with van der Waals surface area (Å²) in [6.07, 6.45) is 0.790. The Kier molecular flexibility index (Phi) is 2.67. The second-order valence-electron chi connectivity index (χ2n) is 4.33. The number of fused-ring (bicyclic) bond motifs is 1. The lowest BCUT2D eigenvalue weighted by Crippen LogP contribution is -2.43. The van der Waals surface area contributed by atoms with Crippen molar-refractivity contribution in [3.8, 4) is 5.75 Å². The van der Waals surface area contributed by atoms with Crippen LogP contribution in [0.25, 0.3) is 0 Å². The van der Waals surface area contributed by atoms with Gasteiger partial charge in [0.25, 0.3) is 0 Å². The first-order chi connectivity index (χ1) is 7.14. The van der Waals surface area contributed by atoms with E-state index in [1.807, 2.05) is 31.2 Å². The van der Waals surface area contributed by atoms with Gasteiger partial charge in [0.05, 0.1) is 6.61 Å². The first kappa shape index (κ1) is 10.5. The van der Waals surface area contributed by atoms with E-state index in [0.717, 1.165) is 17.7 Å². The molecule has 1 unspecified atom stereocenters. The molecule has 2 N–H and O–H groups in total. The van der Waals surface area contributed by atoms with Crippen LogP contribution < -0.4 is 10.5 Å². The smallest absolute Gasteiger partial charge is 0.131 e. The fraction of sp³-hybridized carbons (Fsp3) is 0.500. The number of rotatable bonds is 2.